The molecule has 178 valence electrons. The molecule has 0 aromatic heterocycles. The second kappa shape index (κ2) is 7.17. The van der Waals surface area contributed by atoms with Crippen LogP contribution in [0.15, 0.2) is 17.4 Å². The van der Waals surface area contributed by atoms with Gasteiger partial charge in [-0.15, -0.1) is 0 Å². The fraction of sp³-hybridized carbons (Fsp3) is 0.500. The van der Waals surface area contributed by atoms with Gasteiger partial charge in [-0.1, -0.05) is 6.92 Å². The van der Waals surface area contributed by atoms with E-state index < -0.39 is 82.5 Å². The van der Waals surface area contributed by atoms with Gasteiger partial charge in [0.15, 0.2) is 17.2 Å². The van der Waals surface area contributed by atoms with Crippen LogP contribution < -0.4 is 16.4 Å². The Morgan fingerprint density at radius 1 is 1.21 bits per heavy atom. The number of phenols is 1. The highest BCUT2D eigenvalue weighted by atomic mass is 16.4. The molecule has 1 aromatic rings. The molecule has 1 amide bonds. The van der Waals surface area contributed by atoms with Crippen LogP contribution in [0, 0.1) is 17.8 Å². The van der Waals surface area contributed by atoms with Crippen LogP contribution >= 0.6 is 0 Å². The zero-order chi connectivity index (χ0) is 24.7. The maximum Gasteiger partial charge on any atom is 0.255 e. The molecule has 0 radical (unpaired) electrons. The third-order valence-electron chi connectivity index (χ3n) is 7.54. The molecule has 11 nitrogen and oxygen atoms in total. The number of Topliss-reactive ketones (excluding diaryl/α,β-unsaturated/α-hetero) is 2. The van der Waals surface area contributed by atoms with Gasteiger partial charge >= 0.3 is 0 Å². The number of amides is 1. The van der Waals surface area contributed by atoms with Crippen LogP contribution in [-0.2, 0) is 9.59 Å². The second-order valence-electron chi connectivity index (χ2n) is 9.36. The first-order valence-electron chi connectivity index (χ1n) is 10.5. The monoisotopic (exact) mass is 461 g/mol. The molecule has 3 aliphatic rings. The molecule has 11 heteroatoms. The first-order chi connectivity index (χ1) is 15.3. The summed E-state index contributed by atoms with van der Waals surface area (Å²) in [5, 5.41) is 55.2. The smallest absolute Gasteiger partial charge is 0.255 e. The third kappa shape index (κ3) is 2.76. The Balaban J connectivity index is 1.98. The van der Waals surface area contributed by atoms with Gasteiger partial charge in [0, 0.05) is 38.0 Å². The van der Waals surface area contributed by atoms with Crippen molar-refractivity contribution in [3.8, 4) is 5.75 Å². The van der Waals surface area contributed by atoms with Crippen LogP contribution in [0.3, 0.4) is 0 Å². The Hall–Kier alpha value is -3.15. The lowest BCUT2D eigenvalue weighted by atomic mass is 9.51. The summed E-state index contributed by atoms with van der Waals surface area (Å²) in [6, 6.07) is 1.50. The van der Waals surface area contributed by atoms with Crippen LogP contribution in [0.25, 0.3) is 0 Å². The number of anilines is 2. The summed E-state index contributed by atoms with van der Waals surface area (Å²) < 4.78 is 0. The van der Waals surface area contributed by atoms with Crippen molar-refractivity contribution >= 4 is 28.8 Å². The van der Waals surface area contributed by atoms with Gasteiger partial charge in [-0.2, -0.15) is 0 Å². The molecule has 1 saturated carbocycles. The van der Waals surface area contributed by atoms with E-state index in [-0.39, 0.29) is 11.3 Å². The van der Waals surface area contributed by atoms with E-state index in [4.69, 9.17) is 11.5 Å². The van der Waals surface area contributed by atoms with E-state index in [0.29, 0.717) is 11.3 Å². The van der Waals surface area contributed by atoms with E-state index in [1.807, 2.05) is 0 Å². The zero-order valence-corrected chi connectivity index (χ0v) is 18.3. The van der Waals surface area contributed by atoms with Gasteiger partial charge in [-0.25, -0.2) is 0 Å². The summed E-state index contributed by atoms with van der Waals surface area (Å²) in [5.74, 6) is -9.09. The molecule has 0 aliphatic heterocycles. The largest absolute Gasteiger partial charge is 0.508 e. The number of aliphatic hydroxyl groups excluding tert-OH is 3. The number of carbonyl (C=O) groups excluding carboxylic acids is 3. The predicted octanol–water partition coefficient (Wildman–Crippen LogP) is -1.07. The van der Waals surface area contributed by atoms with Crippen LogP contribution in [0.5, 0.6) is 5.75 Å². The van der Waals surface area contributed by atoms with Gasteiger partial charge in [0.2, 0.25) is 0 Å². The molecule has 0 heterocycles. The number of hydrogen-bond donors (Lipinski definition) is 7. The number of nitrogen functional groups attached to an aromatic ring is 1. The third-order valence-corrected chi connectivity index (χ3v) is 7.54. The number of fused-ring (bicyclic) bond motifs is 3. The van der Waals surface area contributed by atoms with E-state index in [2.05, 4.69) is 0 Å². The first-order valence-corrected chi connectivity index (χ1v) is 10.5. The first kappa shape index (κ1) is 23.0. The normalized spacial score (nSPS) is 35.6. The van der Waals surface area contributed by atoms with Gasteiger partial charge in [0.25, 0.3) is 5.91 Å². The van der Waals surface area contributed by atoms with Crippen molar-refractivity contribution in [1.29, 1.82) is 0 Å². The molecule has 9 N–H and O–H groups in total. The molecule has 1 fully saturated rings. The molecule has 1 aromatic carbocycles. The van der Waals surface area contributed by atoms with E-state index in [0.717, 1.165) is 0 Å². The highest BCUT2D eigenvalue weighted by Crippen LogP contribution is 2.58. The van der Waals surface area contributed by atoms with Crippen molar-refractivity contribution in [2.45, 2.75) is 37.1 Å². The topological polar surface area (TPSA) is 208 Å². The van der Waals surface area contributed by atoms with Gasteiger partial charge in [0.1, 0.15) is 23.2 Å². The van der Waals surface area contributed by atoms with Gasteiger partial charge < -0.3 is 41.9 Å². The van der Waals surface area contributed by atoms with E-state index in [1.54, 1.807) is 25.9 Å². The number of aliphatic hydroxyl groups is 4. The molecule has 0 saturated heterocycles. The minimum atomic E-state index is -2.67. The molecule has 4 rings (SSSR count). The fourth-order valence-electron chi connectivity index (χ4n) is 5.98. The van der Waals surface area contributed by atoms with Crippen molar-refractivity contribution in [2.24, 2.45) is 23.5 Å². The number of aromatic hydroxyl groups is 1. The van der Waals surface area contributed by atoms with Crippen molar-refractivity contribution in [3.05, 3.63) is 28.5 Å². The number of carbonyl (C=O) groups is 3. The SMILES string of the molecule is C[C@@H]1c2c(N(C)C)cc(N)c(O)c2C(=O)C2C1[C@H](O)C1CC(=O)C(C(N)=O)=C(O)C1(O)C2O. The lowest BCUT2D eigenvalue weighted by Gasteiger charge is -2.56. The number of nitrogens with two attached hydrogens (primary N) is 2. The molecule has 33 heavy (non-hydrogen) atoms. The standard InChI is InChI=1S/C22H27N3O8/c1-6-11-9(25(2)3)5-8(23)17(28)14(11)18(29)15-12(6)16(27)7-4-10(26)13(21(24)32)19(30)22(7,33)20(15)31/h5-7,12,15-16,20,27-28,30-31,33H,4,23H2,1-3H3,(H2,24,32)/t6-,7?,12?,15?,16-,20?,22?/m1/s1. The average Bonchev–Trinajstić information content (AvgIpc) is 2.72. The Morgan fingerprint density at radius 3 is 2.36 bits per heavy atom. The van der Waals surface area contributed by atoms with E-state index in [9.17, 15) is 39.9 Å². The maximum atomic E-state index is 13.6. The molecule has 5 unspecified atom stereocenters. The quantitative estimate of drug-likeness (QED) is 0.161. The minimum Gasteiger partial charge on any atom is -0.508 e. The Labute approximate surface area is 188 Å². The Kier molecular flexibility index (Phi) is 5.00. The average molecular weight is 461 g/mol. The Morgan fingerprint density at radius 2 is 1.82 bits per heavy atom. The molecular formula is C22H27N3O8. The van der Waals surface area contributed by atoms with E-state index >= 15 is 0 Å². The number of nitrogens with zero attached hydrogens (tertiary/aromatic N) is 1. The van der Waals surface area contributed by atoms with Crippen LogP contribution in [0.4, 0.5) is 11.4 Å². The summed E-state index contributed by atoms with van der Waals surface area (Å²) in [6.07, 6.45) is -4.10. The molecular weight excluding hydrogens is 434 g/mol. The summed E-state index contributed by atoms with van der Waals surface area (Å²) in [7, 11) is 3.43. The molecule has 7 atom stereocenters. The lowest BCUT2D eigenvalue weighted by molar-refractivity contribution is -0.209. The van der Waals surface area contributed by atoms with Gasteiger partial charge in [-0.3, -0.25) is 14.4 Å². The molecule has 3 aliphatic carbocycles. The predicted molar refractivity (Wildman–Crippen MR) is 115 cm³/mol. The highest BCUT2D eigenvalue weighted by molar-refractivity contribution is 6.20. The van der Waals surface area contributed by atoms with Crippen molar-refractivity contribution in [1.82, 2.24) is 0 Å². The minimum absolute atomic E-state index is 0.0686. The number of primary amides is 1. The molecule has 0 bridgehead atoms. The van der Waals surface area contributed by atoms with Crippen LogP contribution in [-0.4, -0.2) is 74.9 Å². The zero-order valence-electron chi connectivity index (χ0n) is 18.3. The number of rotatable bonds is 2. The number of phenolic OH excluding ortho intramolecular Hbond substituents is 1. The number of benzene rings is 1. The van der Waals surface area contributed by atoms with Crippen LogP contribution in [0.1, 0.15) is 35.2 Å². The van der Waals surface area contributed by atoms with Crippen LogP contribution in [0.2, 0.25) is 0 Å². The highest BCUT2D eigenvalue weighted by Gasteiger charge is 2.67. The van der Waals surface area contributed by atoms with Gasteiger partial charge in [0.05, 0.1) is 23.3 Å². The lowest BCUT2D eigenvalue weighted by Crippen LogP contribution is -2.69. The number of ketones is 2. The van der Waals surface area contributed by atoms with Crippen molar-refractivity contribution in [3.63, 3.8) is 0 Å². The van der Waals surface area contributed by atoms with Crippen molar-refractivity contribution in [2.75, 3.05) is 24.7 Å². The number of hydrogen-bond acceptors (Lipinski definition) is 10. The molecule has 0 spiro atoms. The van der Waals surface area contributed by atoms with Crippen molar-refractivity contribution < 1.29 is 39.9 Å². The second-order valence-corrected chi connectivity index (χ2v) is 9.36. The summed E-state index contributed by atoms with van der Waals surface area (Å²) in [5.41, 5.74) is 8.27. The fourth-order valence-corrected chi connectivity index (χ4v) is 5.98. The summed E-state index contributed by atoms with van der Waals surface area (Å²) in [6.45, 7) is 1.70. The van der Waals surface area contributed by atoms with Gasteiger partial charge in [-0.05, 0) is 17.5 Å². The summed E-state index contributed by atoms with van der Waals surface area (Å²) >= 11 is 0. The maximum absolute atomic E-state index is 13.6. The summed E-state index contributed by atoms with van der Waals surface area (Å²) in [4.78, 5) is 39.5. The van der Waals surface area contributed by atoms with E-state index in [1.165, 1.54) is 6.07 Å². The Bertz CT molecular complexity index is 1130.